The Morgan fingerprint density at radius 1 is 0.812 bits per heavy atom. The van der Waals surface area contributed by atoms with Gasteiger partial charge in [0.25, 0.3) is 0 Å². The van der Waals surface area contributed by atoms with Gasteiger partial charge in [-0.15, -0.1) is 0 Å². The zero-order valence-electron chi connectivity index (χ0n) is 18.0. The maximum absolute atomic E-state index is 5.84. The van der Waals surface area contributed by atoms with E-state index in [-0.39, 0.29) is 11.6 Å². The molecule has 1 spiro atoms. The minimum absolute atomic E-state index is 0.156. The van der Waals surface area contributed by atoms with Gasteiger partial charge in [0.1, 0.15) is 11.3 Å². The minimum atomic E-state index is -0.343. The number of anilines is 1. The second-order valence-corrected chi connectivity index (χ2v) is 8.22. The van der Waals surface area contributed by atoms with E-state index in [2.05, 4.69) is 108 Å². The third-order valence-corrected chi connectivity index (χ3v) is 6.44. The van der Waals surface area contributed by atoms with Gasteiger partial charge in [-0.2, -0.15) is 0 Å². The topological polar surface area (TPSA) is 24.6 Å². The monoisotopic (exact) mass is 416 g/mol. The van der Waals surface area contributed by atoms with E-state index >= 15 is 0 Å². The van der Waals surface area contributed by atoms with Crippen LogP contribution < -0.4 is 9.64 Å². The number of ether oxygens (including phenoxy) is 1. The molecule has 0 N–H and O–H groups in total. The van der Waals surface area contributed by atoms with E-state index < -0.39 is 0 Å². The van der Waals surface area contributed by atoms with Crippen molar-refractivity contribution in [3.63, 3.8) is 0 Å². The average molecular weight is 417 g/mol. The molecule has 1 saturated heterocycles. The fourth-order valence-corrected chi connectivity index (χ4v) is 5.19. The van der Waals surface area contributed by atoms with E-state index in [9.17, 15) is 0 Å². The first-order valence-corrected chi connectivity index (χ1v) is 11.1. The number of fused-ring (bicyclic) bond motifs is 2. The number of para-hydroxylation sites is 1. The molecule has 0 amide bonds. The van der Waals surface area contributed by atoms with E-state index in [0.717, 1.165) is 28.4 Å². The lowest BCUT2D eigenvalue weighted by molar-refractivity contribution is 0.340. The van der Waals surface area contributed by atoms with Crippen molar-refractivity contribution in [2.45, 2.75) is 18.5 Å². The van der Waals surface area contributed by atoms with Crippen molar-refractivity contribution in [3.8, 4) is 5.75 Å². The van der Waals surface area contributed by atoms with Crippen LogP contribution in [0.25, 0.3) is 0 Å². The summed E-state index contributed by atoms with van der Waals surface area (Å²) in [7, 11) is 0. The lowest BCUT2D eigenvalue weighted by Gasteiger charge is -2.17. The third-order valence-electron chi connectivity index (χ3n) is 6.44. The molecule has 3 heteroatoms. The first-order chi connectivity index (χ1) is 15.8. The molecule has 3 nitrogen and oxygen atoms in total. The summed E-state index contributed by atoms with van der Waals surface area (Å²) in [6.07, 6.45) is 0. The molecule has 156 valence electrons. The predicted molar refractivity (Wildman–Crippen MR) is 130 cm³/mol. The third kappa shape index (κ3) is 2.71. The first-order valence-electron chi connectivity index (χ1n) is 11.1. The van der Waals surface area contributed by atoms with Crippen molar-refractivity contribution in [1.29, 1.82) is 0 Å². The van der Waals surface area contributed by atoms with Crippen molar-refractivity contribution in [2.24, 2.45) is 4.99 Å². The molecule has 0 aliphatic carbocycles. The molecule has 0 bridgehead atoms. The van der Waals surface area contributed by atoms with Crippen LogP contribution in [0.15, 0.2) is 114 Å². The molecule has 2 heterocycles. The van der Waals surface area contributed by atoms with Gasteiger partial charge in [0.05, 0.1) is 24.0 Å². The summed E-state index contributed by atoms with van der Waals surface area (Å²) < 4.78 is 5.84. The van der Waals surface area contributed by atoms with Crippen molar-refractivity contribution in [1.82, 2.24) is 0 Å². The Morgan fingerprint density at radius 2 is 1.53 bits per heavy atom. The van der Waals surface area contributed by atoms with Crippen LogP contribution in [0.1, 0.15) is 29.7 Å². The largest absolute Gasteiger partial charge is 0.494 e. The van der Waals surface area contributed by atoms with Crippen LogP contribution >= 0.6 is 0 Å². The standard InChI is InChI=1S/C29H24N2O/c1-2-32-24-17-11-16-23(20-24)31-28(22-14-7-4-8-15-22)29(31)25-18-9-10-19-26(25)30-27(29)21-12-5-3-6-13-21/h3-20,28H,2H2,1H3. The molecule has 6 rings (SSSR count). The second-order valence-electron chi connectivity index (χ2n) is 8.22. The normalized spacial score (nSPS) is 20.7. The Labute approximate surface area is 188 Å². The molecular weight excluding hydrogens is 392 g/mol. The van der Waals surface area contributed by atoms with Gasteiger partial charge in [-0.25, -0.2) is 4.99 Å². The molecule has 2 aliphatic heterocycles. The first kappa shape index (κ1) is 18.9. The van der Waals surface area contributed by atoms with Crippen LogP contribution in [-0.2, 0) is 5.54 Å². The molecule has 1 fully saturated rings. The zero-order chi connectivity index (χ0) is 21.5. The summed E-state index contributed by atoms with van der Waals surface area (Å²) in [5.41, 5.74) is 6.66. The van der Waals surface area contributed by atoms with Crippen LogP contribution in [0.5, 0.6) is 5.75 Å². The van der Waals surface area contributed by atoms with E-state index in [1.165, 1.54) is 11.1 Å². The predicted octanol–water partition coefficient (Wildman–Crippen LogP) is 6.68. The van der Waals surface area contributed by atoms with Crippen LogP contribution in [0.3, 0.4) is 0 Å². The smallest absolute Gasteiger partial charge is 0.136 e. The Hall–Kier alpha value is -3.85. The fraction of sp³-hybridized carbons (Fsp3) is 0.138. The van der Waals surface area contributed by atoms with Gasteiger partial charge in [-0.1, -0.05) is 84.9 Å². The molecule has 2 atom stereocenters. The van der Waals surface area contributed by atoms with Crippen molar-refractivity contribution in [3.05, 3.63) is 126 Å². The van der Waals surface area contributed by atoms with Crippen LogP contribution in [0.2, 0.25) is 0 Å². The summed E-state index contributed by atoms with van der Waals surface area (Å²) >= 11 is 0. The quantitative estimate of drug-likeness (QED) is 0.339. The number of rotatable bonds is 5. The highest BCUT2D eigenvalue weighted by atomic mass is 16.5. The van der Waals surface area contributed by atoms with Crippen LogP contribution in [0, 0.1) is 0 Å². The highest BCUT2D eigenvalue weighted by Crippen LogP contribution is 2.67. The maximum atomic E-state index is 5.84. The Bertz CT molecular complexity index is 1300. The molecule has 2 aliphatic rings. The van der Waals surface area contributed by atoms with Gasteiger partial charge >= 0.3 is 0 Å². The van der Waals surface area contributed by atoms with E-state index in [1.807, 2.05) is 13.0 Å². The molecule has 2 unspecified atom stereocenters. The molecule has 0 aromatic heterocycles. The summed E-state index contributed by atoms with van der Waals surface area (Å²) in [4.78, 5) is 7.69. The van der Waals surface area contributed by atoms with Gasteiger partial charge in [-0.3, -0.25) is 0 Å². The van der Waals surface area contributed by atoms with Crippen molar-refractivity contribution < 1.29 is 4.74 Å². The van der Waals surface area contributed by atoms with Crippen molar-refractivity contribution in [2.75, 3.05) is 11.5 Å². The Kier molecular flexibility index (Phi) is 4.36. The summed E-state index contributed by atoms with van der Waals surface area (Å²) in [6.45, 7) is 2.67. The summed E-state index contributed by atoms with van der Waals surface area (Å²) in [6, 6.07) is 38.5. The van der Waals surface area contributed by atoms with E-state index in [4.69, 9.17) is 9.73 Å². The van der Waals surface area contributed by atoms with Gasteiger partial charge < -0.3 is 9.64 Å². The number of nitrogens with zero attached hydrogens (tertiary/aromatic N) is 2. The molecule has 0 saturated carbocycles. The minimum Gasteiger partial charge on any atom is -0.494 e. The van der Waals surface area contributed by atoms with Crippen LogP contribution in [0.4, 0.5) is 11.4 Å². The van der Waals surface area contributed by atoms with Gasteiger partial charge in [-0.05, 0) is 36.2 Å². The molecular formula is C29H24N2O. The lowest BCUT2D eigenvalue weighted by Crippen LogP contribution is -2.25. The zero-order valence-corrected chi connectivity index (χ0v) is 18.0. The SMILES string of the molecule is CCOc1cccc(N2C(c3ccccc3)C23C(c2ccccc2)=Nc2ccccc23)c1. The van der Waals surface area contributed by atoms with E-state index in [0.29, 0.717) is 6.61 Å². The molecule has 4 aromatic rings. The number of hydrogen-bond acceptors (Lipinski definition) is 3. The lowest BCUT2D eigenvalue weighted by atomic mass is 9.85. The number of benzene rings is 4. The molecule has 32 heavy (non-hydrogen) atoms. The second kappa shape index (κ2) is 7.38. The average Bonchev–Trinajstić information content (AvgIpc) is 3.43. The van der Waals surface area contributed by atoms with Gasteiger partial charge in [0.2, 0.25) is 0 Å². The Morgan fingerprint density at radius 3 is 2.31 bits per heavy atom. The van der Waals surface area contributed by atoms with Crippen LogP contribution in [-0.4, -0.2) is 12.3 Å². The Balaban J connectivity index is 1.59. The fourth-order valence-electron chi connectivity index (χ4n) is 5.19. The number of hydrogen-bond donors (Lipinski definition) is 0. The maximum Gasteiger partial charge on any atom is 0.136 e. The van der Waals surface area contributed by atoms with Gasteiger partial charge in [0.15, 0.2) is 0 Å². The highest BCUT2D eigenvalue weighted by Gasteiger charge is 2.70. The molecule has 0 radical (unpaired) electrons. The number of aliphatic imine (C=N–C) groups is 1. The van der Waals surface area contributed by atoms with Crippen molar-refractivity contribution >= 4 is 17.1 Å². The summed E-state index contributed by atoms with van der Waals surface area (Å²) in [5, 5.41) is 0. The van der Waals surface area contributed by atoms with E-state index in [1.54, 1.807) is 0 Å². The molecule has 4 aromatic carbocycles. The van der Waals surface area contributed by atoms with Gasteiger partial charge in [0, 0.05) is 17.3 Å². The summed E-state index contributed by atoms with van der Waals surface area (Å²) in [5.74, 6) is 0.892. The highest BCUT2D eigenvalue weighted by molar-refractivity contribution is 6.18.